The third kappa shape index (κ3) is 3.01. The third-order valence-electron chi connectivity index (χ3n) is 5.75. The highest BCUT2D eigenvalue weighted by atomic mass is 32.2. The van der Waals surface area contributed by atoms with E-state index in [9.17, 15) is 8.42 Å². The Morgan fingerprint density at radius 2 is 1.75 bits per heavy atom. The van der Waals surface area contributed by atoms with Crippen molar-refractivity contribution >= 4 is 10.0 Å². The molecule has 2 aliphatic heterocycles. The van der Waals surface area contributed by atoms with E-state index in [1.807, 2.05) is 19.1 Å². The Balaban J connectivity index is 1.30. The Kier molecular flexibility index (Phi) is 4.19. The van der Waals surface area contributed by atoms with Crippen LogP contribution in [0, 0.1) is 18.3 Å². The molecule has 132 valence electrons. The molecule has 3 aliphatic rings. The number of ether oxygens (including phenoxy) is 1. The fourth-order valence-corrected chi connectivity index (χ4v) is 6.10. The van der Waals surface area contributed by atoms with Crippen LogP contribution < -0.4 is 0 Å². The van der Waals surface area contributed by atoms with Gasteiger partial charge in [0.2, 0.25) is 10.0 Å². The van der Waals surface area contributed by atoms with Gasteiger partial charge in [-0.2, -0.15) is 4.31 Å². The molecular formula is C18H26N2O3S. The molecule has 24 heavy (non-hydrogen) atoms. The molecule has 0 unspecified atom stereocenters. The smallest absolute Gasteiger partial charge is 0.243 e. The number of aryl methyl sites for hydroxylation is 1. The van der Waals surface area contributed by atoms with Crippen LogP contribution in [0.4, 0.5) is 0 Å². The van der Waals surface area contributed by atoms with Gasteiger partial charge in [-0.15, -0.1) is 0 Å². The molecule has 0 aromatic heterocycles. The standard InChI is InChI=1S/C18H26N2O3S/c1-15-2-4-17(5-3-15)24(21,22)20-13-18(14-20)10-16(11-18)12-19-6-8-23-9-7-19/h2-5,16H,6-14H2,1H3. The highest BCUT2D eigenvalue weighted by molar-refractivity contribution is 7.89. The van der Waals surface area contributed by atoms with Gasteiger partial charge in [0.05, 0.1) is 18.1 Å². The average Bonchev–Trinajstić information content (AvgIpc) is 2.49. The van der Waals surface area contributed by atoms with Crippen LogP contribution in [0.1, 0.15) is 18.4 Å². The van der Waals surface area contributed by atoms with Gasteiger partial charge in [0.1, 0.15) is 0 Å². The molecule has 0 amide bonds. The van der Waals surface area contributed by atoms with Gasteiger partial charge < -0.3 is 4.74 Å². The number of hydrogen-bond acceptors (Lipinski definition) is 4. The van der Waals surface area contributed by atoms with Gasteiger partial charge in [-0.25, -0.2) is 8.42 Å². The Morgan fingerprint density at radius 1 is 1.12 bits per heavy atom. The molecule has 0 bridgehead atoms. The summed E-state index contributed by atoms with van der Waals surface area (Å²) in [6.07, 6.45) is 2.34. The molecule has 3 fully saturated rings. The summed E-state index contributed by atoms with van der Waals surface area (Å²) in [5, 5.41) is 0. The molecule has 1 aromatic carbocycles. The lowest BCUT2D eigenvalue weighted by molar-refractivity contribution is -0.0704. The minimum absolute atomic E-state index is 0.259. The van der Waals surface area contributed by atoms with Crippen LogP contribution in [0.2, 0.25) is 0 Å². The van der Waals surface area contributed by atoms with Crippen molar-refractivity contribution < 1.29 is 13.2 Å². The first-order valence-corrected chi connectivity index (χ1v) is 10.3. The van der Waals surface area contributed by atoms with Crippen molar-refractivity contribution in [2.24, 2.45) is 11.3 Å². The van der Waals surface area contributed by atoms with Gasteiger partial charge in [-0.1, -0.05) is 17.7 Å². The number of morpholine rings is 1. The molecule has 5 nitrogen and oxygen atoms in total. The van der Waals surface area contributed by atoms with E-state index in [1.54, 1.807) is 16.4 Å². The minimum atomic E-state index is -3.30. The van der Waals surface area contributed by atoms with Crippen LogP contribution in [-0.4, -0.2) is 63.6 Å². The maximum absolute atomic E-state index is 12.7. The predicted molar refractivity (Wildman–Crippen MR) is 92.4 cm³/mol. The Bertz CT molecular complexity index is 681. The normalized spacial score (nSPS) is 25.4. The molecule has 1 aromatic rings. The highest BCUT2D eigenvalue weighted by Crippen LogP contribution is 2.53. The number of benzene rings is 1. The van der Waals surface area contributed by atoms with Crippen molar-refractivity contribution in [2.75, 3.05) is 45.9 Å². The lowest BCUT2D eigenvalue weighted by Gasteiger charge is -2.59. The summed E-state index contributed by atoms with van der Waals surface area (Å²) in [5.41, 5.74) is 1.34. The lowest BCUT2D eigenvalue weighted by atomic mass is 9.58. The summed E-state index contributed by atoms with van der Waals surface area (Å²) in [7, 11) is -3.30. The van der Waals surface area contributed by atoms with Gasteiger partial charge in [-0.3, -0.25) is 4.90 Å². The largest absolute Gasteiger partial charge is 0.379 e. The average molecular weight is 350 g/mol. The second kappa shape index (κ2) is 6.09. The number of nitrogens with zero attached hydrogens (tertiary/aromatic N) is 2. The lowest BCUT2D eigenvalue weighted by Crippen LogP contribution is -2.64. The van der Waals surface area contributed by atoms with E-state index >= 15 is 0 Å². The molecule has 0 radical (unpaired) electrons. The fourth-order valence-electron chi connectivity index (χ4n) is 4.43. The SMILES string of the molecule is Cc1ccc(S(=O)(=O)N2CC3(CC(CN4CCOCC4)C3)C2)cc1. The Hall–Kier alpha value is -0.950. The van der Waals surface area contributed by atoms with Crippen molar-refractivity contribution in [3.05, 3.63) is 29.8 Å². The van der Waals surface area contributed by atoms with Crippen molar-refractivity contribution in [3.8, 4) is 0 Å². The first kappa shape index (κ1) is 16.5. The summed E-state index contributed by atoms with van der Waals surface area (Å²) in [5.74, 6) is 0.729. The zero-order valence-corrected chi connectivity index (χ0v) is 15.1. The van der Waals surface area contributed by atoms with Crippen LogP contribution in [-0.2, 0) is 14.8 Å². The van der Waals surface area contributed by atoms with Gasteiger partial charge in [-0.05, 0) is 43.2 Å². The number of rotatable bonds is 4. The number of sulfonamides is 1. The predicted octanol–water partition coefficient (Wildman–Crippen LogP) is 1.73. The molecular weight excluding hydrogens is 324 g/mol. The van der Waals surface area contributed by atoms with E-state index in [1.165, 1.54) is 12.8 Å². The zero-order chi connectivity index (χ0) is 16.8. The Labute approximate surface area is 144 Å². The van der Waals surface area contributed by atoms with Crippen LogP contribution >= 0.6 is 0 Å². The molecule has 1 spiro atoms. The summed E-state index contributed by atoms with van der Waals surface area (Å²) >= 11 is 0. The molecule has 0 atom stereocenters. The minimum Gasteiger partial charge on any atom is -0.379 e. The zero-order valence-electron chi connectivity index (χ0n) is 14.3. The Morgan fingerprint density at radius 3 is 2.38 bits per heavy atom. The van der Waals surface area contributed by atoms with E-state index in [2.05, 4.69) is 4.90 Å². The summed E-state index contributed by atoms with van der Waals surface area (Å²) in [6.45, 7) is 8.29. The van der Waals surface area contributed by atoms with Crippen molar-refractivity contribution in [1.82, 2.24) is 9.21 Å². The molecule has 1 saturated carbocycles. The first-order valence-electron chi connectivity index (χ1n) is 8.84. The van der Waals surface area contributed by atoms with E-state index in [0.29, 0.717) is 18.0 Å². The van der Waals surface area contributed by atoms with Crippen molar-refractivity contribution in [3.63, 3.8) is 0 Å². The second-order valence-corrected chi connectivity index (χ2v) is 9.71. The topological polar surface area (TPSA) is 49.9 Å². The third-order valence-corrected chi connectivity index (χ3v) is 7.55. The van der Waals surface area contributed by atoms with Crippen LogP contribution in [0.3, 0.4) is 0 Å². The van der Waals surface area contributed by atoms with Gasteiger partial charge >= 0.3 is 0 Å². The summed E-state index contributed by atoms with van der Waals surface area (Å²) in [6, 6.07) is 7.17. The van der Waals surface area contributed by atoms with Crippen molar-refractivity contribution in [2.45, 2.75) is 24.7 Å². The maximum atomic E-state index is 12.7. The summed E-state index contributed by atoms with van der Waals surface area (Å²) in [4.78, 5) is 2.91. The van der Waals surface area contributed by atoms with Crippen LogP contribution in [0.5, 0.6) is 0 Å². The van der Waals surface area contributed by atoms with Crippen LogP contribution in [0.15, 0.2) is 29.2 Å². The molecule has 0 N–H and O–H groups in total. The van der Waals surface area contributed by atoms with E-state index in [-0.39, 0.29) is 5.41 Å². The molecule has 2 saturated heterocycles. The van der Waals surface area contributed by atoms with Gasteiger partial charge in [0.25, 0.3) is 0 Å². The maximum Gasteiger partial charge on any atom is 0.243 e. The quantitative estimate of drug-likeness (QED) is 0.830. The van der Waals surface area contributed by atoms with Gasteiger partial charge in [0, 0.05) is 32.7 Å². The van der Waals surface area contributed by atoms with E-state index < -0.39 is 10.0 Å². The molecule has 1 aliphatic carbocycles. The van der Waals surface area contributed by atoms with Gasteiger partial charge in [0.15, 0.2) is 0 Å². The fraction of sp³-hybridized carbons (Fsp3) is 0.667. The van der Waals surface area contributed by atoms with E-state index in [0.717, 1.165) is 44.3 Å². The first-order chi connectivity index (χ1) is 11.5. The van der Waals surface area contributed by atoms with E-state index in [4.69, 9.17) is 4.74 Å². The molecule has 4 rings (SSSR count). The second-order valence-electron chi connectivity index (χ2n) is 7.77. The monoisotopic (exact) mass is 350 g/mol. The number of hydrogen-bond donors (Lipinski definition) is 0. The summed E-state index contributed by atoms with van der Waals surface area (Å²) < 4.78 is 32.4. The molecule has 6 heteroatoms. The highest BCUT2D eigenvalue weighted by Gasteiger charge is 2.55. The van der Waals surface area contributed by atoms with Crippen LogP contribution in [0.25, 0.3) is 0 Å². The van der Waals surface area contributed by atoms with Crippen molar-refractivity contribution in [1.29, 1.82) is 0 Å². The molecule has 2 heterocycles.